The molecular weight excluding hydrogens is 198 g/mol. The fourth-order valence-corrected chi connectivity index (χ4v) is 2.32. The maximum Gasteiger partial charge on any atom is 0.129 e. The number of nitrogens with one attached hydrogen (secondary N) is 1. The fourth-order valence-electron chi connectivity index (χ4n) is 2.32. The third kappa shape index (κ3) is 3.01. The Morgan fingerprint density at radius 3 is 3.00 bits per heavy atom. The summed E-state index contributed by atoms with van der Waals surface area (Å²) in [6, 6.07) is 2.11. The lowest BCUT2D eigenvalue weighted by Crippen LogP contribution is -2.13. The molecule has 2 rings (SSSR count). The molecule has 1 atom stereocenters. The van der Waals surface area contributed by atoms with Gasteiger partial charge in [0.15, 0.2) is 0 Å². The van der Waals surface area contributed by atoms with Gasteiger partial charge in [0, 0.05) is 17.8 Å². The van der Waals surface area contributed by atoms with Gasteiger partial charge in [-0.25, -0.2) is 9.97 Å². The number of rotatable bonds is 4. The third-order valence-electron chi connectivity index (χ3n) is 3.09. The molecule has 1 aliphatic rings. The van der Waals surface area contributed by atoms with Crippen LogP contribution in [0, 0.1) is 12.8 Å². The van der Waals surface area contributed by atoms with E-state index in [4.69, 9.17) is 0 Å². The zero-order valence-electron chi connectivity index (χ0n) is 10.3. The van der Waals surface area contributed by atoms with Gasteiger partial charge in [0.2, 0.25) is 0 Å². The molecule has 1 saturated heterocycles. The Balaban J connectivity index is 2.06. The molecule has 3 heteroatoms. The Kier molecular flexibility index (Phi) is 3.88. The van der Waals surface area contributed by atoms with Crippen molar-refractivity contribution in [2.24, 2.45) is 5.92 Å². The van der Waals surface area contributed by atoms with Crippen LogP contribution in [0.15, 0.2) is 6.07 Å². The van der Waals surface area contributed by atoms with Crippen LogP contribution in [0.4, 0.5) is 0 Å². The largest absolute Gasteiger partial charge is 0.316 e. The predicted molar refractivity (Wildman–Crippen MR) is 65.4 cm³/mol. The Morgan fingerprint density at radius 1 is 1.44 bits per heavy atom. The minimum Gasteiger partial charge on any atom is -0.316 e. The van der Waals surface area contributed by atoms with Crippen molar-refractivity contribution in [3.63, 3.8) is 0 Å². The van der Waals surface area contributed by atoms with Crippen molar-refractivity contribution < 1.29 is 0 Å². The summed E-state index contributed by atoms with van der Waals surface area (Å²) in [5.74, 6) is 1.77. The Bertz CT molecular complexity index is 343. The van der Waals surface area contributed by atoms with Crippen molar-refractivity contribution in [2.75, 3.05) is 13.1 Å². The smallest absolute Gasteiger partial charge is 0.129 e. The normalized spacial score (nSPS) is 20.2. The van der Waals surface area contributed by atoms with E-state index in [0.717, 1.165) is 49.8 Å². The maximum absolute atomic E-state index is 4.65. The number of aryl methyl sites for hydroxylation is 2. The summed E-state index contributed by atoms with van der Waals surface area (Å²) in [5.41, 5.74) is 2.32. The van der Waals surface area contributed by atoms with Crippen LogP contribution in [-0.4, -0.2) is 23.1 Å². The molecule has 0 aliphatic carbocycles. The predicted octanol–water partition coefficient (Wildman–Crippen LogP) is 1.89. The van der Waals surface area contributed by atoms with Crippen LogP contribution in [0.5, 0.6) is 0 Å². The third-order valence-corrected chi connectivity index (χ3v) is 3.09. The molecule has 1 aliphatic heterocycles. The summed E-state index contributed by atoms with van der Waals surface area (Å²) < 4.78 is 0. The van der Waals surface area contributed by atoms with E-state index in [1.54, 1.807) is 0 Å². The first-order valence-electron chi connectivity index (χ1n) is 6.32. The van der Waals surface area contributed by atoms with E-state index in [1.165, 1.54) is 12.1 Å². The van der Waals surface area contributed by atoms with Crippen molar-refractivity contribution in [2.45, 2.75) is 39.5 Å². The molecule has 1 fully saturated rings. The molecule has 1 aromatic heterocycles. The Hall–Kier alpha value is -0.960. The Labute approximate surface area is 97.7 Å². The van der Waals surface area contributed by atoms with Gasteiger partial charge in [-0.3, -0.25) is 0 Å². The zero-order valence-corrected chi connectivity index (χ0v) is 10.3. The number of aromatic nitrogens is 2. The van der Waals surface area contributed by atoms with E-state index >= 15 is 0 Å². The average Bonchev–Trinajstić information content (AvgIpc) is 2.70. The van der Waals surface area contributed by atoms with Crippen molar-refractivity contribution in [3.05, 3.63) is 23.3 Å². The summed E-state index contributed by atoms with van der Waals surface area (Å²) in [6.45, 7) is 6.54. The van der Waals surface area contributed by atoms with E-state index < -0.39 is 0 Å². The van der Waals surface area contributed by atoms with Gasteiger partial charge < -0.3 is 5.32 Å². The molecule has 1 aromatic rings. The highest BCUT2D eigenvalue weighted by Gasteiger charge is 2.16. The first-order valence-corrected chi connectivity index (χ1v) is 6.32. The molecule has 2 heterocycles. The minimum atomic E-state index is 0.733. The van der Waals surface area contributed by atoms with Crippen LogP contribution in [-0.2, 0) is 12.8 Å². The van der Waals surface area contributed by atoms with Crippen LogP contribution in [0.2, 0.25) is 0 Å². The van der Waals surface area contributed by atoms with E-state index in [-0.39, 0.29) is 0 Å². The van der Waals surface area contributed by atoms with Gasteiger partial charge in [0.1, 0.15) is 5.82 Å². The molecule has 1 N–H and O–H groups in total. The van der Waals surface area contributed by atoms with E-state index in [9.17, 15) is 0 Å². The fraction of sp³-hybridized carbons (Fsp3) is 0.692. The molecule has 0 radical (unpaired) electrons. The van der Waals surface area contributed by atoms with Gasteiger partial charge in [0.25, 0.3) is 0 Å². The van der Waals surface area contributed by atoms with Crippen molar-refractivity contribution in [1.82, 2.24) is 15.3 Å². The quantitative estimate of drug-likeness (QED) is 0.840. The van der Waals surface area contributed by atoms with Crippen LogP contribution in [0.1, 0.15) is 37.0 Å². The van der Waals surface area contributed by atoms with Crippen molar-refractivity contribution >= 4 is 0 Å². The molecule has 1 unspecified atom stereocenters. The maximum atomic E-state index is 4.65. The summed E-state index contributed by atoms with van der Waals surface area (Å²) >= 11 is 0. The van der Waals surface area contributed by atoms with Gasteiger partial charge in [0.05, 0.1) is 0 Å². The van der Waals surface area contributed by atoms with E-state index in [1.807, 2.05) is 0 Å². The van der Waals surface area contributed by atoms with Gasteiger partial charge in [-0.15, -0.1) is 0 Å². The van der Waals surface area contributed by atoms with Gasteiger partial charge >= 0.3 is 0 Å². The van der Waals surface area contributed by atoms with Gasteiger partial charge in [-0.05, 0) is 44.8 Å². The first-order chi connectivity index (χ1) is 7.78. The lowest BCUT2D eigenvalue weighted by atomic mass is 10.0. The highest BCUT2D eigenvalue weighted by molar-refractivity contribution is 5.10. The second kappa shape index (κ2) is 5.39. The molecular formula is C13H21N3. The van der Waals surface area contributed by atoms with E-state index in [0.29, 0.717) is 0 Å². The summed E-state index contributed by atoms with van der Waals surface area (Å²) in [4.78, 5) is 9.19. The second-order valence-corrected chi connectivity index (χ2v) is 4.73. The molecule has 0 amide bonds. The standard InChI is InChI=1S/C13H21N3/c1-3-4-12-7-10(2)15-13(16-12)8-11-5-6-14-9-11/h7,11,14H,3-6,8-9H2,1-2H3. The molecule has 0 aromatic carbocycles. The SMILES string of the molecule is CCCc1cc(C)nc(CC2CCNC2)n1. The highest BCUT2D eigenvalue weighted by Crippen LogP contribution is 2.13. The Morgan fingerprint density at radius 2 is 2.31 bits per heavy atom. The van der Waals surface area contributed by atoms with E-state index in [2.05, 4.69) is 35.2 Å². The van der Waals surface area contributed by atoms with Gasteiger partial charge in [-0.2, -0.15) is 0 Å². The molecule has 0 spiro atoms. The van der Waals surface area contributed by atoms with Crippen LogP contribution < -0.4 is 5.32 Å². The molecule has 16 heavy (non-hydrogen) atoms. The van der Waals surface area contributed by atoms with Crippen molar-refractivity contribution in [3.8, 4) is 0 Å². The number of hydrogen-bond donors (Lipinski definition) is 1. The monoisotopic (exact) mass is 219 g/mol. The van der Waals surface area contributed by atoms with Crippen molar-refractivity contribution in [1.29, 1.82) is 0 Å². The average molecular weight is 219 g/mol. The minimum absolute atomic E-state index is 0.733. The molecule has 3 nitrogen and oxygen atoms in total. The molecule has 88 valence electrons. The number of nitrogens with zero attached hydrogens (tertiary/aromatic N) is 2. The zero-order chi connectivity index (χ0) is 11.4. The molecule has 0 saturated carbocycles. The lowest BCUT2D eigenvalue weighted by molar-refractivity contribution is 0.558. The first kappa shape index (κ1) is 11.5. The highest BCUT2D eigenvalue weighted by atomic mass is 14.9. The second-order valence-electron chi connectivity index (χ2n) is 4.73. The van der Waals surface area contributed by atoms with Crippen LogP contribution >= 0.6 is 0 Å². The summed E-state index contributed by atoms with van der Waals surface area (Å²) in [5, 5.41) is 3.39. The van der Waals surface area contributed by atoms with Crippen LogP contribution in [0.3, 0.4) is 0 Å². The summed E-state index contributed by atoms with van der Waals surface area (Å²) in [6.07, 6.45) is 4.52. The topological polar surface area (TPSA) is 37.8 Å². The molecule has 0 bridgehead atoms. The lowest BCUT2D eigenvalue weighted by Gasteiger charge is -2.09. The van der Waals surface area contributed by atoms with Gasteiger partial charge in [-0.1, -0.05) is 13.3 Å². The summed E-state index contributed by atoms with van der Waals surface area (Å²) in [7, 11) is 0. The van der Waals surface area contributed by atoms with Crippen LogP contribution in [0.25, 0.3) is 0 Å². The number of hydrogen-bond acceptors (Lipinski definition) is 3.